The molecular weight excluding hydrogens is 286 g/mol. The van der Waals surface area contributed by atoms with Crippen molar-refractivity contribution in [3.05, 3.63) is 35.9 Å². The molecule has 1 saturated heterocycles. The smallest absolute Gasteiger partial charge is 0.222 e. The topological polar surface area (TPSA) is 40.5 Å². The second kappa shape index (κ2) is 6.64. The number of piperidine rings is 1. The van der Waals surface area contributed by atoms with Gasteiger partial charge in [0, 0.05) is 24.9 Å². The predicted octanol–water partition coefficient (Wildman–Crippen LogP) is 3.55. The van der Waals surface area contributed by atoms with Gasteiger partial charge in [0.25, 0.3) is 0 Å². The summed E-state index contributed by atoms with van der Waals surface area (Å²) in [5.41, 5.74) is 0.866. The Morgan fingerprint density at radius 1 is 1.13 bits per heavy atom. The third-order valence-corrected chi connectivity index (χ3v) is 6.21. The average Bonchev–Trinajstić information content (AvgIpc) is 2.60. The van der Waals surface area contributed by atoms with Gasteiger partial charge in [-0.3, -0.25) is 4.79 Å². The van der Waals surface area contributed by atoms with Gasteiger partial charge < -0.3 is 10.0 Å². The minimum Gasteiger partial charge on any atom is -0.389 e. The van der Waals surface area contributed by atoms with Crippen LogP contribution in [0.1, 0.15) is 57.4 Å². The number of benzene rings is 1. The largest absolute Gasteiger partial charge is 0.389 e. The SMILES string of the molecule is CCCC1(O)CCC12CCN(C(=O)CCc1ccccc1)CC2. The van der Waals surface area contributed by atoms with Crippen LogP contribution in [0.4, 0.5) is 0 Å². The normalized spacial score (nSPS) is 26.1. The summed E-state index contributed by atoms with van der Waals surface area (Å²) in [5.74, 6) is 0.266. The zero-order valence-corrected chi connectivity index (χ0v) is 14.3. The van der Waals surface area contributed by atoms with Crippen LogP contribution in [0.3, 0.4) is 0 Å². The highest BCUT2D eigenvalue weighted by molar-refractivity contribution is 5.76. The monoisotopic (exact) mass is 315 g/mol. The van der Waals surface area contributed by atoms with Crippen molar-refractivity contribution in [1.29, 1.82) is 0 Å². The third-order valence-electron chi connectivity index (χ3n) is 6.21. The van der Waals surface area contributed by atoms with Gasteiger partial charge in [-0.2, -0.15) is 0 Å². The van der Waals surface area contributed by atoms with Crippen LogP contribution in [0.15, 0.2) is 30.3 Å². The van der Waals surface area contributed by atoms with E-state index in [0.717, 1.165) is 58.0 Å². The lowest BCUT2D eigenvalue weighted by Crippen LogP contribution is -2.61. The number of carbonyl (C=O) groups is 1. The van der Waals surface area contributed by atoms with Gasteiger partial charge >= 0.3 is 0 Å². The highest BCUT2D eigenvalue weighted by atomic mass is 16.3. The van der Waals surface area contributed by atoms with Gasteiger partial charge in [0.15, 0.2) is 0 Å². The van der Waals surface area contributed by atoms with Crippen molar-refractivity contribution in [2.75, 3.05) is 13.1 Å². The van der Waals surface area contributed by atoms with Crippen molar-refractivity contribution >= 4 is 5.91 Å². The van der Waals surface area contributed by atoms with Gasteiger partial charge in [-0.1, -0.05) is 43.7 Å². The standard InChI is InChI=1S/C20H29NO2/c1-2-10-20(23)12-11-19(20)13-15-21(16-14-19)18(22)9-8-17-6-4-3-5-7-17/h3-7,23H,2,8-16H2,1H3. The van der Waals surface area contributed by atoms with E-state index in [9.17, 15) is 9.90 Å². The van der Waals surface area contributed by atoms with Crippen molar-refractivity contribution in [3.63, 3.8) is 0 Å². The molecule has 3 rings (SSSR count). The lowest BCUT2D eigenvalue weighted by atomic mass is 9.51. The zero-order valence-electron chi connectivity index (χ0n) is 14.3. The molecule has 1 unspecified atom stereocenters. The molecule has 0 radical (unpaired) electrons. The van der Waals surface area contributed by atoms with E-state index < -0.39 is 5.60 Å². The van der Waals surface area contributed by atoms with Crippen molar-refractivity contribution in [2.24, 2.45) is 5.41 Å². The number of carbonyl (C=O) groups excluding carboxylic acids is 1. The number of hydrogen-bond acceptors (Lipinski definition) is 2. The number of hydrogen-bond donors (Lipinski definition) is 1. The lowest BCUT2D eigenvalue weighted by molar-refractivity contribution is -0.194. The van der Waals surface area contributed by atoms with E-state index in [1.54, 1.807) is 0 Å². The predicted molar refractivity (Wildman–Crippen MR) is 92.1 cm³/mol. The fourth-order valence-electron chi connectivity index (χ4n) is 4.52. The second-order valence-electron chi connectivity index (χ2n) is 7.43. The fourth-order valence-corrected chi connectivity index (χ4v) is 4.52. The molecule has 3 nitrogen and oxygen atoms in total. The first-order chi connectivity index (χ1) is 11.1. The van der Waals surface area contributed by atoms with Crippen molar-refractivity contribution < 1.29 is 9.90 Å². The number of aliphatic hydroxyl groups is 1. The molecule has 1 saturated carbocycles. The first-order valence-corrected chi connectivity index (χ1v) is 9.13. The zero-order chi connectivity index (χ0) is 16.3. The Labute approximate surface area is 139 Å². The van der Waals surface area contributed by atoms with Gasteiger partial charge in [-0.15, -0.1) is 0 Å². The Kier molecular flexibility index (Phi) is 4.77. The number of amides is 1. The molecule has 1 N–H and O–H groups in total. The Balaban J connectivity index is 1.50. The molecule has 3 heteroatoms. The number of likely N-dealkylation sites (tertiary alicyclic amines) is 1. The Morgan fingerprint density at radius 2 is 1.83 bits per heavy atom. The van der Waals surface area contributed by atoms with Crippen LogP contribution < -0.4 is 0 Å². The fraction of sp³-hybridized carbons (Fsp3) is 0.650. The quantitative estimate of drug-likeness (QED) is 0.902. The van der Waals surface area contributed by atoms with Crippen molar-refractivity contribution in [1.82, 2.24) is 4.90 Å². The molecule has 1 atom stereocenters. The van der Waals surface area contributed by atoms with Crippen LogP contribution in [-0.2, 0) is 11.2 Å². The van der Waals surface area contributed by atoms with E-state index in [0.29, 0.717) is 6.42 Å². The van der Waals surface area contributed by atoms with Gasteiger partial charge in [0.1, 0.15) is 0 Å². The van der Waals surface area contributed by atoms with Crippen LogP contribution in [0.2, 0.25) is 0 Å². The summed E-state index contributed by atoms with van der Waals surface area (Å²) in [4.78, 5) is 14.5. The average molecular weight is 315 g/mol. The Hall–Kier alpha value is -1.35. The van der Waals surface area contributed by atoms with E-state index in [4.69, 9.17) is 0 Å². The molecule has 1 aliphatic carbocycles. The minimum absolute atomic E-state index is 0.0964. The summed E-state index contributed by atoms with van der Waals surface area (Å²) in [6, 6.07) is 10.2. The molecule has 1 amide bonds. The molecule has 1 aromatic rings. The first-order valence-electron chi connectivity index (χ1n) is 9.13. The number of rotatable bonds is 5. The van der Waals surface area contributed by atoms with Gasteiger partial charge in [0.2, 0.25) is 5.91 Å². The molecule has 2 fully saturated rings. The van der Waals surface area contributed by atoms with Crippen LogP contribution >= 0.6 is 0 Å². The summed E-state index contributed by atoms with van der Waals surface area (Å²) >= 11 is 0. The summed E-state index contributed by atoms with van der Waals surface area (Å²) in [6.45, 7) is 3.78. The Morgan fingerprint density at radius 3 is 2.39 bits per heavy atom. The van der Waals surface area contributed by atoms with Crippen LogP contribution in [0.5, 0.6) is 0 Å². The maximum Gasteiger partial charge on any atom is 0.222 e. The summed E-state index contributed by atoms with van der Waals surface area (Å²) in [6.07, 6.45) is 7.39. The highest BCUT2D eigenvalue weighted by Gasteiger charge is 2.57. The van der Waals surface area contributed by atoms with Gasteiger partial charge in [0.05, 0.1) is 5.60 Å². The van der Waals surface area contributed by atoms with E-state index in [2.05, 4.69) is 19.1 Å². The van der Waals surface area contributed by atoms with Crippen LogP contribution in [0.25, 0.3) is 0 Å². The van der Waals surface area contributed by atoms with E-state index in [-0.39, 0.29) is 11.3 Å². The third kappa shape index (κ3) is 3.16. The van der Waals surface area contributed by atoms with Crippen molar-refractivity contribution in [3.8, 4) is 0 Å². The van der Waals surface area contributed by atoms with Gasteiger partial charge in [-0.25, -0.2) is 0 Å². The molecule has 0 bridgehead atoms. The highest BCUT2D eigenvalue weighted by Crippen LogP contribution is 2.58. The maximum absolute atomic E-state index is 12.4. The summed E-state index contributed by atoms with van der Waals surface area (Å²) in [7, 11) is 0. The summed E-state index contributed by atoms with van der Waals surface area (Å²) in [5, 5.41) is 10.9. The second-order valence-corrected chi connectivity index (χ2v) is 7.43. The van der Waals surface area contributed by atoms with Gasteiger partial charge in [-0.05, 0) is 44.1 Å². The maximum atomic E-state index is 12.4. The molecule has 0 aromatic heterocycles. The van der Waals surface area contributed by atoms with Crippen molar-refractivity contribution in [2.45, 2.75) is 63.9 Å². The molecule has 1 spiro atoms. The molecule has 2 aliphatic rings. The van der Waals surface area contributed by atoms with Crippen LogP contribution in [0, 0.1) is 5.41 Å². The number of aryl methyl sites for hydroxylation is 1. The minimum atomic E-state index is -0.457. The van der Waals surface area contributed by atoms with E-state index in [1.807, 2.05) is 23.1 Å². The molecule has 1 aliphatic heterocycles. The molecular formula is C20H29NO2. The Bertz CT molecular complexity index is 534. The molecule has 23 heavy (non-hydrogen) atoms. The molecule has 126 valence electrons. The van der Waals surface area contributed by atoms with Crippen LogP contribution in [-0.4, -0.2) is 34.6 Å². The summed E-state index contributed by atoms with van der Waals surface area (Å²) < 4.78 is 0. The van der Waals surface area contributed by atoms with E-state index >= 15 is 0 Å². The van der Waals surface area contributed by atoms with E-state index in [1.165, 1.54) is 5.56 Å². The number of nitrogens with zero attached hydrogens (tertiary/aromatic N) is 1. The first kappa shape index (κ1) is 16.5. The lowest BCUT2D eigenvalue weighted by Gasteiger charge is -2.59. The molecule has 1 heterocycles. The molecule has 1 aromatic carbocycles.